The molecule has 1 atom stereocenters. The quantitative estimate of drug-likeness (QED) is 0.870. The highest BCUT2D eigenvalue weighted by molar-refractivity contribution is 9.10. The van der Waals surface area contributed by atoms with Crippen molar-refractivity contribution in [3.8, 4) is 0 Å². The first-order chi connectivity index (χ1) is 8.56. The number of nitrogens with zero attached hydrogens (tertiary/aromatic N) is 1. The summed E-state index contributed by atoms with van der Waals surface area (Å²) < 4.78 is 0.928. The largest absolute Gasteiger partial charge is 0.478 e. The molecule has 0 spiro atoms. The molecule has 1 heterocycles. The van der Waals surface area contributed by atoms with Gasteiger partial charge in [0, 0.05) is 29.3 Å². The van der Waals surface area contributed by atoms with E-state index in [9.17, 15) is 4.79 Å². The van der Waals surface area contributed by atoms with Gasteiger partial charge in [-0.05, 0) is 36.1 Å². The van der Waals surface area contributed by atoms with Crippen LogP contribution in [0.3, 0.4) is 0 Å². The van der Waals surface area contributed by atoms with Gasteiger partial charge in [-0.2, -0.15) is 0 Å². The third-order valence-corrected chi connectivity index (χ3v) is 3.87. The molecule has 0 radical (unpaired) electrons. The SMILES string of the molecule is CC1CCN(c2ccc(/C=C/C(=O)O)c(Br)c2)C1. The second-order valence-corrected chi connectivity index (χ2v) is 5.57. The van der Waals surface area contributed by atoms with Crippen molar-refractivity contribution in [3.63, 3.8) is 0 Å². The summed E-state index contributed by atoms with van der Waals surface area (Å²) in [5.41, 5.74) is 2.08. The molecule has 1 unspecified atom stereocenters. The molecule has 4 heteroatoms. The van der Waals surface area contributed by atoms with Gasteiger partial charge < -0.3 is 10.0 Å². The van der Waals surface area contributed by atoms with Crippen molar-refractivity contribution in [1.29, 1.82) is 0 Å². The first-order valence-corrected chi connectivity index (χ1v) is 6.81. The summed E-state index contributed by atoms with van der Waals surface area (Å²) in [6.07, 6.45) is 3.98. The maximum Gasteiger partial charge on any atom is 0.328 e. The number of halogens is 1. The Morgan fingerprint density at radius 2 is 2.33 bits per heavy atom. The number of aliphatic carboxylic acids is 1. The van der Waals surface area contributed by atoms with Crippen LogP contribution in [0.5, 0.6) is 0 Å². The molecule has 3 nitrogen and oxygen atoms in total. The van der Waals surface area contributed by atoms with Crippen molar-refractivity contribution in [2.45, 2.75) is 13.3 Å². The highest BCUT2D eigenvalue weighted by Gasteiger charge is 2.19. The maximum atomic E-state index is 10.5. The molecule has 0 saturated carbocycles. The van der Waals surface area contributed by atoms with E-state index in [-0.39, 0.29) is 0 Å². The molecule has 1 aliphatic rings. The molecule has 0 amide bonds. The second-order valence-electron chi connectivity index (χ2n) is 4.72. The van der Waals surface area contributed by atoms with Gasteiger partial charge in [0.25, 0.3) is 0 Å². The molecular weight excluding hydrogens is 294 g/mol. The number of carboxylic acid groups (broad SMARTS) is 1. The van der Waals surface area contributed by atoms with Gasteiger partial charge in [-0.15, -0.1) is 0 Å². The zero-order valence-electron chi connectivity index (χ0n) is 10.3. The lowest BCUT2D eigenvalue weighted by Crippen LogP contribution is -2.18. The molecule has 0 aromatic heterocycles. The molecule has 1 aromatic rings. The maximum absolute atomic E-state index is 10.5. The van der Waals surface area contributed by atoms with Gasteiger partial charge in [-0.25, -0.2) is 4.79 Å². The lowest BCUT2D eigenvalue weighted by atomic mass is 10.1. The van der Waals surface area contributed by atoms with E-state index in [1.165, 1.54) is 12.1 Å². The van der Waals surface area contributed by atoms with E-state index < -0.39 is 5.97 Å². The van der Waals surface area contributed by atoms with Gasteiger partial charge in [0.15, 0.2) is 0 Å². The fourth-order valence-electron chi connectivity index (χ4n) is 2.18. The molecule has 1 N–H and O–H groups in total. The molecule has 0 bridgehead atoms. The van der Waals surface area contributed by atoms with E-state index in [0.29, 0.717) is 0 Å². The molecular formula is C14H16BrNO2. The van der Waals surface area contributed by atoms with Crippen LogP contribution in [0, 0.1) is 5.92 Å². The number of carbonyl (C=O) groups is 1. The van der Waals surface area contributed by atoms with Crippen molar-refractivity contribution in [2.75, 3.05) is 18.0 Å². The second kappa shape index (κ2) is 5.57. The molecule has 18 heavy (non-hydrogen) atoms. The third kappa shape index (κ3) is 3.13. The number of benzene rings is 1. The van der Waals surface area contributed by atoms with E-state index >= 15 is 0 Å². The standard InChI is InChI=1S/C14H16BrNO2/c1-10-6-7-16(9-10)12-4-2-11(13(15)8-12)3-5-14(17)18/h2-5,8,10H,6-7,9H2,1H3,(H,17,18)/b5-3+. The molecule has 96 valence electrons. The number of hydrogen-bond acceptors (Lipinski definition) is 2. The van der Waals surface area contributed by atoms with Crippen LogP contribution >= 0.6 is 15.9 Å². The summed E-state index contributed by atoms with van der Waals surface area (Å²) in [4.78, 5) is 12.8. The van der Waals surface area contributed by atoms with Gasteiger partial charge in [0.2, 0.25) is 0 Å². The zero-order valence-corrected chi connectivity index (χ0v) is 11.9. The van der Waals surface area contributed by atoms with Gasteiger partial charge in [0.05, 0.1) is 0 Å². The topological polar surface area (TPSA) is 40.5 Å². The Kier molecular flexibility index (Phi) is 4.07. The molecule has 1 aromatic carbocycles. The highest BCUT2D eigenvalue weighted by atomic mass is 79.9. The summed E-state index contributed by atoms with van der Waals surface area (Å²) in [6.45, 7) is 4.45. The Hall–Kier alpha value is -1.29. The molecule has 1 aliphatic heterocycles. The summed E-state index contributed by atoms with van der Waals surface area (Å²) in [5.74, 6) is -0.185. The van der Waals surface area contributed by atoms with E-state index in [2.05, 4.69) is 33.8 Å². The highest BCUT2D eigenvalue weighted by Crippen LogP contribution is 2.28. The van der Waals surface area contributed by atoms with E-state index in [0.717, 1.165) is 35.1 Å². The summed E-state index contributed by atoms with van der Waals surface area (Å²) >= 11 is 3.49. The van der Waals surface area contributed by atoms with Crippen LogP contribution in [0.1, 0.15) is 18.9 Å². The van der Waals surface area contributed by atoms with E-state index in [4.69, 9.17) is 5.11 Å². The fourth-order valence-corrected chi connectivity index (χ4v) is 2.68. The van der Waals surface area contributed by atoms with Crippen LogP contribution in [0.4, 0.5) is 5.69 Å². The van der Waals surface area contributed by atoms with Crippen molar-refractivity contribution in [1.82, 2.24) is 0 Å². The molecule has 1 fully saturated rings. The molecule has 2 rings (SSSR count). The first-order valence-electron chi connectivity index (χ1n) is 6.02. The number of anilines is 1. The van der Waals surface area contributed by atoms with Gasteiger partial charge in [0.1, 0.15) is 0 Å². The minimum absolute atomic E-state index is 0.746. The molecule has 1 saturated heterocycles. The first kappa shape index (κ1) is 13.1. The van der Waals surface area contributed by atoms with Crippen molar-refractivity contribution >= 4 is 33.7 Å². The van der Waals surface area contributed by atoms with Crippen LogP contribution in [-0.4, -0.2) is 24.2 Å². The Morgan fingerprint density at radius 1 is 1.56 bits per heavy atom. The van der Waals surface area contributed by atoms with Crippen molar-refractivity contribution < 1.29 is 9.90 Å². The van der Waals surface area contributed by atoms with Gasteiger partial charge in [-0.1, -0.05) is 28.9 Å². The predicted octanol–water partition coefficient (Wildman–Crippen LogP) is 3.39. The normalized spacial score (nSPS) is 19.7. The summed E-state index contributed by atoms with van der Waals surface area (Å²) in [7, 11) is 0. The lowest BCUT2D eigenvalue weighted by Gasteiger charge is -2.19. The van der Waals surface area contributed by atoms with Crippen molar-refractivity contribution in [2.24, 2.45) is 5.92 Å². The monoisotopic (exact) mass is 309 g/mol. The lowest BCUT2D eigenvalue weighted by molar-refractivity contribution is -0.131. The summed E-state index contributed by atoms with van der Waals surface area (Å²) in [5, 5.41) is 8.61. The Labute approximate surface area is 115 Å². The van der Waals surface area contributed by atoms with Crippen LogP contribution in [0.15, 0.2) is 28.7 Å². The number of hydrogen-bond donors (Lipinski definition) is 1. The van der Waals surface area contributed by atoms with Gasteiger partial charge in [-0.3, -0.25) is 0 Å². The van der Waals surface area contributed by atoms with Crippen LogP contribution in [0.25, 0.3) is 6.08 Å². The minimum Gasteiger partial charge on any atom is -0.478 e. The Bertz CT molecular complexity index is 485. The minimum atomic E-state index is -0.931. The van der Waals surface area contributed by atoms with E-state index in [1.54, 1.807) is 6.08 Å². The average Bonchev–Trinajstić information content (AvgIpc) is 2.74. The predicted molar refractivity (Wildman–Crippen MR) is 76.8 cm³/mol. The van der Waals surface area contributed by atoms with Crippen LogP contribution in [-0.2, 0) is 4.79 Å². The number of rotatable bonds is 3. The molecule has 0 aliphatic carbocycles. The fraction of sp³-hybridized carbons (Fsp3) is 0.357. The van der Waals surface area contributed by atoms with Crippen LogP contribution in [0.2, 0.25) is 0 Å². The smallest absolute Gasteiger partial charge is 0.328 e. The van der Waals surface area contributed by atoms with Crippen LogP contribution < -0.4 is 4.90 Å². The Morgan fingerprint density at radius 3 is 2.89 bits per heavy atom. The zero-order chi connectivity index (χ0) is 13.1. The van der Waals surface area contributed by atoms with E-state index in [1.807, 2.05) is 12.1 Å². The number of carboxylic acids is 1. The Balaban J connectivity index is 2.17. The van der Waals surface area contributed by atoms with Gasteiger partial charge >= 0.3 is 5.97 Å². The summed E-state index contributed by atoms with van der Waals surface area (Å²) in [6, 6.07) is 6.05. The van der Waals surface area contributed by atoms with Crippen molar-refractivity contribution in [3.05, 3.63) is 34.3 Å². The third-order valence-electron chi connectivity index (χ3n) is 3.18. The average molecular weight is 310 g/mol.